The number of aliphatic hydroxyl groups is 1. The van der Waals surface area contributed by atoms with Gasteiger partial charge in [-0.25, -0.2) is 0 Å². The van der Waals surface area contributed by atoms with Gasteiger partial charge in [0.25, 0.3) is 0 Å². The van der Waals surface area contributed by atoms with Crippen LogP contribution in [0.3, 0.4) is 0 Å². The van der Waals surface area contributed by atoms with E-state index in [0.29, 0.717) is 5.92 Å². The molecule has 1 aromatic heterocycles. The van der Waals surface area contributed by atoms with Crippen molar-refractivity contribution >= 4 is 27.3 Å². The second-order valence-corrected chi connectivity index (χ2v) is 6.91. The Morgan fingerprint density at radius 1 is 1.53 bits per heavy atom. The first kappa shape index (κ1) is 10.3. The molecule has 2 aliphatic carbocycles. The van der Waals surface area contributed by atoms with Crippen LogP contribution in [0.15, 0.2) is 15.9 Å². The van der Waals surface area contributed by atoms with Crippen LogP contribution >= 0.6 is 27.3 Å². The molecular weight excluding hydrogens is 272 g/mol. The zero-order valence-corrected chi connectivity index (χ0v) is 11.0. The number of hydrogen-bond donors (Lipinski definition) is 1. The Kier molecular flexibility index (Phi) is 2.45. The van der Waals surface area contributed by atoms with Crippen molar-refractivity contribution in [3.05, 3.63) is 20.8 Å². The van der Waals surface area contributed by atoms with E-state index in [1.807, 2.05) is 0 Å². The molecule has 3 atom stereocenters. The molecular formula is C12H15BrOS. The Hall–Kier alpha value is 0.140. The fourth-order valence-electron chi connectivity index (χ4n) is 3.36. The van der Waals surface area contributed by atoms with Gasteiger partial charge < -0.3 is 5.11 Å². The maximum Gasteiger partial charge on any atom is 0.0727 e. The lowest BCUT2D eigenvalue weighted by molar-refractivity contribution is -0.0119. The minimum Gasteiger partial charge on any atom is -0.389 e. The fraction of sp³-hybridized carbons (Fsp3) is 0.667. The van der Waals surface area contributed by atoms with Crippen molar-refractivity contribution in [2.24, 2.45) is 11.8 Å². The summed E-state index contributed by atoms with van der Waals surface area (Å²) in [4.78, 5) is 1.31. The third kappa shape index (κ3) is 1.69. The van der Waals surface area contributed by atoms with E-state index in [-0.39, 0.29) is 0 Å². The van der Waals surface area contributed by atoms with Crippen molar-refractivity contribution in [2.45, 2.75) is 37.7 Å². The van der Waals surface area contributed by atoms with E-state index in [1.54, 1.807) is 11.3 Å². The van der Waals surface area contributed by atoms with Crippen LogP contribution in [0.1, 0.15) is 30.6 Å². The molecule has 0 spiro atoms. The maximum absolute atomic E-state index is 10.7. The van der Waals surface area contributed by atoms with E-state index < -0.39 is 5.60 Å². The summed E-state index contributed by atoms with van der Waals surface area (Å²) in [5.41, 5.74) is -0.393. The summed E-state index contributed by atoms with van der Waals surface area (Å²) < 4.78 is 1.17. The predicted molar refractivity (Wildman–Crippen MR) is 66.1 cm³/mol. The van der Waals surface area contributed by atoms with Gasteiger partial charge in [0.1, 0.15) is 0 Å². The summed E-state index contributed by atoms with van der Waals surface area (Å²) in [6, 6.07) is 2.08. The van der Waals surface area contributed by atoms with Gasteiger partial charge in [0.15, 0.2) is 0 Å². The van der Waals surface area contributed by atoms with Crippen molar-refractivity contribution in [1.82, 2.24) is 0 Å². The molecule has 2 fully saturated rings. The molecule has 2 aliphatic rings. The van der Waals surface area contributed by atoms with Crippen LogP contribution in [0, 0.1) is 11.8 Å². The molecule has 1 aromatic rings. The highest BCUT2D eigenvalue weighted by molar-refractivity contribution is 9.10. The zero-order valence-electron chi connectivity index (χ0n) is 8.58. The Morgan fingerprint density at radius 3 is 2.93 bits per heavy atom. The van der Waals surface area contributed by atoms with E-state index in [4.69, 9.17) is 0 Å². The van der Waals surface area contributed by atoms with Crippen LogP contribution in [-0.2, 0) is 6.42 Å². The molecule has 1 nitrogen and oxygen atoms in total. The van der Waals surface area contributed by atoms with Crippen molar-refractivity contribution in [2.75, 3.05) is 0 Å². The molecule has 2 bridgehead atoms. The van der Waals surface area contributed by atoms with Crippen molar-refractivity contribution in [3.63, 3.8) is 0 Å². The lowest BCUT2D eigenvalue weighted by atomic mass is 9.81. The Balaban J connectivity index is 1.81. The molecule has 3 heteroatoms. The van der Waals surface area contributed by atoms with Gasteiger partial charge in [-0.05, 0) is 64.9 Å². The summed E-state index contributed by atoms with van der Waals surface area (Å²) in [5.74, 6) is 1.37. The van der Waals surface area contributed by atoms with Crippen LogP contribution < -0.4 is 0 Å². The molecule has 3 unspecified atom stereocenters. The smallest absolute Gasteiger partial charge is 0.0727 e. The standard InChI is InChI=1S/C12H15BrOS/c13-10-3-4-15-11(10)7-12(14)6-8-1-2-9(12)5-8/h3-4,8-9,14H,1-2,5-7H2. The number of halogens is 1. The van der Waals surface area contributed by atoms with E-state index in [2.05, 4.69) is 27.4 Å². The first-order valence-electron chi connectivity index (χ1n) is 5.62. The molecule has 1 N–H and O–H groups in total. The minimum absolute atomic E-state index is 0.393. The second-order valence-electron chi connectivity index (χ2n) is 5.05. The molecule has 0 radical (unpaired) electrons. The molecule has 15 heavy (non-hydrogen) atoms. The van der Waals surface area contributed by atoms with Crippen LogP contribution in [-0.4, -0.2) is 10.7 Å². The lowest BCUT2D eigenvalue weighted by Crippen LogP contribution is -2.37. The highest BCUT2D eigenvalue weighted by Crippen LogP contribution is 2.52. The molecule has 0 amide bonds. The van der Waals surface area contributed by atoms with E-state index in [9.17, 15) is 5.11 Å². The Labute approximate surface area is 103 Å². The Bertz CT molecular complexity index is 375. The SMILES string of the molecule is OC1(Cc2sccc2Br)CC2CCC1C2. The molecule has 0 saturated heterocycles. The van der Waals surface area contributed by atoms with E-state index >= 15 is 0 Å². The van der Waals surface area contributed by atoms with Crippen molar-refractivity contribution < 1.29 is 5.11 Å². The number of fused-ring (bicyclic) bond motifs is 2. The maximum atomic E-state index is 10.7. The van der Waals surface area contributed by atoms with Crippen LogP contribution in [0.2, 0.25) is 0 Å². The summed E-state index contributed by atoms with van der Waals surface area (Å²) in [6.45, 7) is 0. The fourth-order valence-corrected chi connectivity index (χ4v) is 4.97. The zero-order chi connectivity index (χ0) is 10.5. The summed E-state index contributed by atoms with van der Waals surface area (Å²) in [7, 11) is 0. The Morgan fingerprint density at radius 2 is 2.40 bits per heavy atom. The summed E-state index contributed by atoms with van der Waals surface area (Å²) in [5, 5.41) is 12.8. The van der Waals surface area contributed by atoms with Gasteiger partial charge in [0, 0.05) is 15.8 Å². The summed E-state index contributed by atoms with van der Waals surface area (Å²) in [6.07, 6.45) is 5.73. The first-order chi connectivity index (χ1) is 7.17. The normalized spacial score (nSPS) is 38.8. The lowest BCUT2D eigenvalue weighted by Gasteiger charge is -2.32. The minimum atomic E-state index is -0.393. The van der Waals surface area contributed by atoms with Crippen LogP contribution in [0.4, 0.5) is 0 Å². The second kappa shape index (κ2) is 3.57. The van der Waals surface area contributed by atoms with Gasteiger partial charge in [-0.2, -0.15) is 0 Å². The molecule has 0 aromatic carbocycles. The quantitative estimate of drug-likeness (QED) is 0.881. The molecule has 0 aliphatic heterocycles. The van der Waals surface area contributed by atoms with E-state index in [1.165, 1.54) is 28.6 Å². The van der Waals surface area contributed by atoms with Gasteiger partial charge in [-0.15, -0.1) is 11.3 Å². The van der Waals surface area contributed by atoms with Gasteiger partial charge in [-0.1, -0.05) is 0 Å². The summed E-state index contributed by atoms with van der Waals surface area (Å²) >= 11 is 5.31. The van der Waals surface area contributed by atoms with Crippen LogP contribution in [0.5, 0.6) is 0 Å². The number of thiophene rings is 1. The monoisotopic (exact) mass is 286 g/mol. The third-order valence-electron chi connectivity index (χ3n) is 4.10. The predicted octanol–water partition coefficient (Wildman–Crippen LogP) is 3.60. The average Bonchev–Trinajstić information content (AvgIpc) is 2.83. The van der Waals surface area contributed by atoms with Crippen molar-refractivity contribution in [1.29, 1.82) is 0 Å². The molecule has 3 rings (SSSR count). The average molecular weight is 287 g/mol. The largest absolute Gasteiger partial charge is 0.389 e. The highest BCUT2D eigenvalue weighted by Gasteiger charge is 2.49. The van der Waals surface area contributed by atoms with Gasteiger partial charge in [-0.3, -0.25) is 0 Å². The highest BCUT2D eigenvalue weighted by atomic mass is 79.9. The van der Waals surface area contributed by atoms with Gasteiger partial charge >= 0.3 is 0 Å². The van der Waals surface area contributed by atoms with Gasteiger partial charge in [0.2, 0.25) is 0 Å². The van der Waals surface area contributed by atoms with Crippen molar-refractivity contribution in [3.8, 4) is 0 Å². The number of hydrogen-bond acceptors (Lipinski definition) is 2. The first-order valence-corrected chi connectivity index (χ1v) is 7.29. The molecule has 1 heterocycles. The van der Waals surface area contributed by atoms with Crippen LogP contribution in [0.25, 0.3) is 0 Å². The molecule has 2 saturated carbocycles. The third-order valence-corrected chi connectivity index (χ3v) is 6.03. The van der Waals surface area contributed by atoms with E-state index in [0.717, 1.165) is 18.8 Å². The topological polar surface area (TPSA) is 20.2 Å². The number of rotatable bonds is 2. The van der Waals surface area contributed by atoms with Gasteiger partial charge in [0.05, 0.1) is 5.60 Å². The molecule has 82 valence electrons.